The minimum atomic E-state index is -1.10. The second kappa shape index (κ2) is 5.65. The second-order valence-electron chi connectivity index (χ2n) is 3.13. The zero-order chi connectivity index (χ0) is 13.0. The molecule has 0 spiro atoms. The highest BCUT2D eigenvalue weighted by Crippen LogP contribution is 2.22. The standard InChI is InChI=1S/C10H9Cl2N3O2/c1-5(14-15-10(17)9(13)16)6-2-3-7(11)8(12)4-6/h2-4H,1H3,(H2,13,16)(H,15,17)/b14-5-. The Morgan fingerprint density at radius 2 is 1.94 bits per heavy atom. The highest BCUT2D eigenvalue weighted by Gasteiger charge is 2.07. The van der Waals surface area contributed by atoms with Gasteiger partial charge < -0.3 is 5.73 Å². The lowest BCUT2D eigenvalue weighted by Gasteiger charge is -2.03. The van der Waals surface area contributed by atoms with Gasteiger partial charge in [-0.3, -0.25) is 9.59 Å². The van der Waals surface area contributed by atoms with Gasteiger partial charge in [-0.2, -0.15) is 5.10 Å². The number of benzene rings is 1. The molecule has 0 saturated heterocycles. The van der Waals surface area contributed by atoms with Crippen LogP contribution in [0, 0.1) is 0 Å². The normalized spacial score (nSPS) is 11.1. The van der Waals surface area contributed by atoms with E-state index in [0.717, 1.165) is 0 Å². The molecule has 0 aromatic heterocycles. The summed E-state index contributed by atoms with van der Waals surface area (Å²) in [4.78, 5) is 21.3. The number of rotatable bonds is 2. The maximum Gasteiger partial charge on any atom is 0.329 e. The van der Waals surface area contributed by atoms with Crippen LogP contribution in [-0.2, 0) is 9.59 Å². The lowest BCUT2D eigenvalue weighted by Crippen LogP contribution is -2.33. The Hall–Kier alpha value is -1.59. The van der Waals surface area contributed by atoms with Crippen LogP contribution in [0.5, 0.6) is 0 Å². The Kier molecular flexibility index (Phi) is 4.48. The third-order valence-electron chi connectivity index (χ3n) is 1.89. The first kappa shape index (κ1) is 13.5. The van der Waals surface area contributed by atoms with E-state index in [4.69, 9.17) is 28.9 Å². The average Bonchev–Trinajstić information content (AvgIpc) is 2.28. The van der Waals surface area contributed by atoms with Gasteiger partial charge in [-0.05, 0) is 24.6 Å². The van der Waals surface area contributed by atoms with Gasteiger partial charge in [0.05, 0.1) is 15.8 Å². The lowest BCUT2D eigenvalue weighted by atomic mass is 10.1. The van der Waals surface area contributed by atoms with Crippen molar-refractivity contribution >= 4 is 40.7 Å². The molecule has 3 N–H and O–H groups in total. The van der Waals surface area contributed by atoms with E-state index in [9.17, 15) is 9.59 Å². The minimum absolute atomic E-state index is 0.375. The van der Waals surface area contributed by atoms with Crippen molar-refractivity contribution in [2.45, 2.75) is 6.92 Å². The van der Waals surface area contributed by atoms with Crippen LogP contribution in [0.4, 0.5) is 0 Å². The molecule has 7 heteroatoms. The van der Waals surface area contributed by atoms with Crippen LogP contribution < -0.4 is 11.2 Å². The van der Waals surface area contributed by atoms with Crippen LogP contribution in [0.2, 0.25) is 10.0 Å². The van der Waals surface area contributed by atoms with Crippen LogP contribution in [-0.4, -0.2) is 17.5 Å². The SMILES string of the molecule is C/C(=N/NC(=O)C(N)=O)c1ccc(Cl)c(Cl)c1. The van der Waals surface area contributed by atoms with E-state index in [1.54, 1.807) is 25.1 Å². The Balaban J connectivity index is 2.85. The molecule has 1 aromatic rings. The first-order chi connectivity index (χ1) is 7.91. The molecule has 1 rings (SSSR count). The fourth-order valence-electron chi connectivity index (χ4n) is 0.975. The minimum Gasteiger partial charge on any atom is -0.361 e. The van der Waals surface area contributed by atoms with Gasteiger partial charge in [-0.25, -0.2) is 5.43 Å². The van der Waals surface area contributed by atoms with Crippen LogP contribution in [0.25, 0.3) is 0 Å². The first-order valence-corrected chi connectivity index (χ1v) is 5.27. The number of carbonyl (C=O) groups excluding carboxylic acids is 2. The second-order valence-corrected chi connectivity index (χ2v) is 3.95. The quantitative estimate of drug-likeness (QED) is 0.484. The van der Waals surface area contributed by atoms with E-state index in [1.807, 2.05) is 5.43 Å². The van der Waals surface area contributed by atoms with Gasteiger partial charge in [0.25, 0.3) is 0 Å². The molecule has 0 aliphatic carbocycles. The summed E-state index contributed by atoms with van der Waals surface area (Å²) in [6.45, 7) is 1.64. The Morgan fingerprint density at radius 3 is 2.47 bits per heavy atom. The molecule has 0 aliphatic rings. The summed E-state index contributed by atoms with van der Waals surface area (Å²) in [5, 5.41) is 4.50. The Bertz CT molecular complexity index is 500. The van der Waals surface area contributed by atoms with Crippen LogP contribution in [0.3, 0.4) is 0 Å². The largest absolute Gasteiger partial charge is 0.361 e. The molecule has 17 heavy (non-hydrogen) atoms. The molecule has 90 valence electrons. The maximum atomic E-state index is 10.9. The molecule has 0 aliphatic heterocycles. The van der Waals surface area contributed by atoms with Crippen LogP contribution >= 0.6 is 23.2 Å². The van der Waals surface area contributed by atoms with Gasteiger partial charge in [-0.15, -0.1) is 0 Å². The van der Waals surface area contributed by atoms with Crippen molar-refractivity contribution < 1.29 is 9.59 Å². The van der Waals surface area contributed by atoms with Crippen LogP contribution in [0.1, 0.15) is 12.5 Å². The van der Waals surface area contributed by atoms with E-state index in [2.05, 4.69) is 5.10 Å². The number of halogens is 2. The number of nitrogens with one attached hydrogen (secondary N) is 1. The fourth-order valence-corrected chi connectivity index (χ4v) is 1.27. The van der Waals surface area contributed by atoms with E-state index in [1.165, 1.54) is 0 Å². The van der Waals surface area contributed by atoms with E-state index in [0.29, 0.717) is 21.3 Å². The van der Waals surface area contributed by atoms with Crippen molar-refractivity contribution in [3.05, 3.63) is 33.8 Å². The summed E-state index contributed by atoms with van der Waals surface area (Å²) < 4.78 is 0. The zero-order valence-corrected chi connectivity index (χ0v) is 10.3. The van der Waals surface area contributed by atoms with Crippen molar-refractivity contribution in [1.82, 2.24) is 5.43 Å². The van der Waals surface area contributed by atoms with Gasteiger partial charge in [0.1, 0.15) is 0 Å². The number of nitrogens with zero attached hydrogens (tertiary/aromatic N) is 1. The maximum absolute atomic E-state index is 10.9. The highest BCUT2D eigenvalue weighted by atomic mass is 35.5. The van der Waals surface area contributed by atoms with Gasteiger partial charge in [0.15, 0.2) is 0 Å². The molecular formula is C10H9Cl2N3O2. The van der Waals surface area contributed by atoms with Gasteiger partial charge in [0.2, 0.25) is 0 Å². The number of carbonyl (C=O) groups is 2. The van der Waals surface area contributed by atoms with Crippen molar-refractivity contribution in [2.75, 3.05) is 0 Å². The van der Waals surface area contributed by atoms with E-state index < -0.39 is 11.8 Å². The predicted molar refractivity (Wildman–Crippen MR) is 66.0 cm³/mol. The number of nitrogens with two attached hydrogens (primary N) is 1. The van der Waals surface area contributed by atoms with Gasteiger partial charge >= 0.3 is 11.8 Å². The number of amides is 2. The summed E-state index contributed by atoms with van der Waals surface area (Å²) in [7, 11) is 0. The molecule has 0 heterocycles. The molecule has 2 amide bonds. The predicted octanol–water partition coefficient (Wildman–Crippen LogP) is 1.32. The number of hydrogen-bond acceptors (Lipinski definition) is 3. The molecule has 0 atom stereocenters. The summed E-state index contributed by atoms with van der Waals surface area (Å²) in [5.41, 5.74) is 7.90. The summed E-state index contributed by atoms with van der Waals surface area (Å²) in [6, 6.07) is 4.89. The van der Waals surface area contributed by atoms with Gasteiger partial charge in [0, 0.05) is 0 Å². The topological polar surface area (TPSA) is 84.6 Å². The third-order valence-corrected chi connectivity index (χ3v) is 2.63. The summed E-state index contributed by atoms with van der Waals surface area (Å²) in [5.74, 6) is -2.08. The highest BCUT2D eigenvalue weighted by molar-refractivity contribution is 6.42. The Morgan fingerprint density at radius 1 is 1.29 bits per heavy atom. The fraction of sp³-hybridized carbons (Fsp3) is 0.100. The van der Waals surface area contributed by atoms with Crippen LogP contribution in [0.15, 0.2) is 23.3 Å². The molecule has 1 aromatic carbocycles. The lowest BCUT2D eigenvalue weighted by molar-refractivity contribution is -0.137. The molecule has 0 fully saturated rings. The molecule has 0 radical (unpaired) electrons. The number of hydrazone groups is 1. The number of primary amides is 1. The smallest absolute Gasteiger partial charge is 0.329 e. The van der Waals surface area contributed by atoms with E-state index >= 15 is 0 Å². The summed E-state index contributed by atoms with van der Waals surface area (Å²) in [6.07, 6.45) is 0. The first-order valence-electron chi connectivity index (χ1n) is 4.51. The monoisotopic (exact) mass is 273 g/mol. The molecular weight excluding hydrogens is 265 g/mol. The Labute approximate surface area is 108 Å². The van der Waals surface area contributed by atoms with Gasteiger partial charge in [-0.1, -0.05) is 29.3 Å². The molecule has 5 nitrogen and oxygen atoms in total. The molecule has 0 unspecified atom stereocenters. The number of hydrogen-bond donors (Lipinski definition) is 2. The van der Waals surface area contributed by atoms with Crippen molar-refractivity contribution in [3.63, 3.8) is 0 Å². The summed E-state index contributed by atoms with van der Waals surface area (Å²) >= 11 is 11.6. The molecule has 0 saturated carbocycles. The molecule has 0 bridgehead atoms. The third kappa shape index (κ3) is 3.72. The van der Waals surface area contributed by atoms with Crippen molar-refractivity contribution in [1.29, 1.82) is 0 Å². The van der Waals surface area contributed by atoms with Crippen molar-refractivity contribution in [2.24, 2.45) is 10.8 Å². The average molecular weight is 274 g/mol. The van der Waals surface area contributed by atoms with Crippen molar-refractivity contribution in [3.8, 4) is 0 Å². The zero-order valence-electron chi connectivity index (χ0n) is 8.83. The van der Waals surface area contributed by atoms with E-state index in [-0.39, 0.29) is 0 Å².